The molecule has 2 aromatic heterocycles. The van der Waals surface area contributed by atoms with Gasteiger partial charge >= 0.3 is 0 Å². The molecule has 1 saturated carbocycles. The number of nitrogens with one attached hydrogen (secondary N) is 1. The number of hydrogen-bond donors (Lipinski definition) is 1. The molecule has 1 aromatic carbocycles. The molecule has 152 valence electrons. The molecule has 1 aliphatic carbocycles. The SMILES string of the molecule is Cc1nn(-c2ccc(Cl)cc2Cl)c(C)c1CC(=O)Nc1ccnn1C(C)C1CC1. The van der Waals surface area contributed by atoms with E-state index in [1.807, 2.05) is 30.7 Å². The fraction of sp³-hybridized carbons (Fsp3) is 0.381. The highest BCUT2D eigenvalue weighted by Crippen LogP contribution is 2.40. The Kier molecular flexibility index (Phi) is 5.40. The molecule has 0 radical (unpaired) electrons. The average Bonchev–Trinajstić information content (AvgIpc) is 3.37. The standard InChI is InChI=1S/C21H23Cl2N5O/c1-12-17(14(3)27(26-12)19-7-6-16(22)10-18(19)23)11-21(29)25-20-8-9-24-28(20)13(2)15-4-5-15/h6-10,13,15H,4-5,11H2,1-3H3,(H,25,29). The maximum absolute atomic E-state index is 12.8. The van der Waals surface area contributed by atoms with Crippen LogP contribution in [0, 0.1) is 19.8 Å². The third kappa shape index (κ3) is 4.05. The van der Waals surface area contributed by atoms with Crippen molar-refractivity contribution in [2.45, 2.75) is 46.1 Å². The van der Waals surface area contributed by atoms with E-state index >= 15 is 0 Å². The van der Waals surface area contributed by atoms with E-state index in [0.717, 1.165) is 28.5 Å². The lowest BCUT2D eigenvalue weighted by atomic mass is 10.1. The number of aryl methyl sites for hydroxylation is 1. The van der Waals surface area contributed by atoms with Crippen molar-refractivity contribution in [3.63, 3.8) is 0 Å². The van der Waals surface area contributed by atoms with Crippen molar-refractivity contribution >= 4 is 34.9 Å². The first-order valence-electron chi connectivity index (χ1n) is 9.69. The molecule has 0 spiro atoms. The Hall–Kier alpha value is -2.31. The van der Waals surface area contributed by atoms with Gasteiger partial charge in [0.1, 0.15) is 5.82 Å². The first-order chi connectivity index (χ1) is 13.8. The van der Waals surface area contributed by atoms with Gasteiger partial charge in [0.2, 0.25) is 5.91 Å². The molecule has 3 aromatic rings. The molecule has 1 amide bonds. The average molecular weight is 432 g/mol. The van der Waals surface area contributed by atoms with Crippen molar-refractivity contribution < 1.29 is 4.79 Å². The van der Waals surface area contributed by atoms with Gasteiger partial charge in [0, 0.05) is 22.3 Å². The van der Waals surface area contributed by atoms with Crippen LogP contribution in [0.5, 0.6) is 0 Å². The summed E-state index contributed by atoms with van der Waals surface area (Å²) in [6, 6.07) is 7.41. The monoisotopic (exact) mass is 431 g/mol. The Morgan fingerprint density at radius 3 is 2.72 bits per heavy atom. The van der Waals surface area contributed by atoms with Gasteiger partial charge in [-0.1, -0.05) is 23.2 Å². The van der Waals surface area contributed by atoms with Crippen LogP contribution in [0.2, 0.25) is 10.0 Å². The minimum absolute atomic E-state index is 0.0947. The van der Waals surface area contributed by atoms with Crippen LogP contribution in [-0.2, 0) is 11.2 Å². The largest absolute Gasteiger partial charge is 0.311 e. The summed E-state index contributed by atoms with van der Waals surface area (Å²) in [5.74, 6) is 1.29. The zero-order valence-corrected chi connectivity index (χ0v) is 18.1. The number of aromatic nitrogens is 4. The van der Waals surface area contributed by atoms with Gasteiger partial charge in [-0.3, -0.25) is 4.79 Å². The number of carbonyl (C=O) groups is 1. The number of anilines is 1. The second-order valence-electron chi connectivity index (χ2n) is 7.62. The molecule has 0 aliphatic heterocycles. The summed E-state index contributed by atoms with van der Waals surface area (Å²) in [5, 5.41) is 13.1. The molecule has 4 rings (SSSR count). The number of benzene rings is 1. The van der Waals surface area contributed by atoms with Crippen LogP contribution in [-0.4, -0.2) is 25.5 Å². The van der Waals surface area contributed by atoms with Gasteiger partial charge in [0.25, 0.3) is 0 Å². The smallest absolute Gasteiger partial charge is 0.230 e. The zero-order chi connectivity index (χ0) is 20.7. The lowest BCUT2D eigenvalue weighted by molar-refractivity contribution is -0.115. The summed E-state index contributed by atoms with van der Waals surface area (Å²) in [5.41, 5.74) is 3.29. The highest BCUT2D eigenvalue weighted by atomic mass is 35.5. The molecule has 2 heterocycles. The molecule has 0 bridgehead atoms. The molecule has 1 fully saturated rings. The van der Waals surface area contributed by atoms with Gasteiger partial charge in [-0.05, 0) is 57.7 Å². The molecular weight excluding hydrogens is 409 g/mol. The lowest BCUT2D eigenvalue weighted by Crippen LogP contribution is -2.20. The van der Waals surface area contributed by atoms with E-state index in [1.165, 1.54) is 12.8 Å². The van der Waals surface area contributed by atoms with Crippen LogP contribution in [0.15, 0.2) is 30.5 Å². The molecular formula is C21H23Cl2N5O. The van der Waals surface area contributed by atoms with E-state index in [0.29, 0.717) is 22.0 Å². The summed E-state index contributed by atoms with van der Waals surface area (Å²) in [6.07, 6.45) is 4.40. The van der Waals surface area contributed by atoms with E-state index in [9.17, 15) is 4.79 Å². The summed E-state index contributed by atoms with van der Waals surface area (Å²) in [4.78, 5) is 12.8. The summed E-state index contributed by atoms with van der Waals surface area (Å²) < 4.78 is 3.67. The van der Waals surface area contributed by atoms with E-state index in [4.69, 9.17) is 23.2 Å². The van der Waals surface area contributed by atoms with Crippen LogP contribution < -0.4 is 5.32 Å². The van der Waals surface area contributed by atoms with Gasteiger partial charge in [-0.25, -0.2) is 9.36 Å². The van der Waals surface area contributed by atoms with Crippen LogP contribution in [0.4, 0.5) is 5.82 Å². The first kappa shape index (κ1) is 20.0. The Labute approximate surface area is 179 Å². The minimum atomic E-state index is -0.0947. The van der Waals surface area contributed by atoms with Gasteiger partial charge in [-0.15, -0.1) is 0 Å². The van der Waals surface area contributed by atoms with Crippen LogP contribution >= 0.6 is 23.2 Å². The van der Waals surface area contributed by atoms with Crippen molar-refractivity contribution in [3.05, 3.63) is 57.5 Å². The van der Waals surface area contributed by atoms with E-state index in [2.05, 4.69) is 22.4 Å². The number of halogens is 2. The zero-order valence-electron chi connectivity index (χ0n) is 16.6. The normalized spacial score (nSPS) is 14.8. The van der Waals surface area contributed by atoms with E-state index in [1.54, 1.807) is 23.0 Å². The second kappa shape index (κ2) is 7.84. The van der Waals surface area contributed by atoms with Gasteiger partial charge in [0.15, 0.2) is 0 Å². The second-order valence-corrected chi connectivity index (χ2v) is 8.46. The fourth-order valence-corrected chi connectivity index (χ4v) is 4.17. The quantitative estimate of drug-likeness (QED) is 0.586. The number of rotatable bonds is 6. The van der Waals surface area contributed by atoms with Crippen LogP contribution in [0.1, 0.15) is 42.8 Å². The third-order valence-corrected chi connectivity index (χ3v) is 6.08. The molecule has 6 nitrogen and oxygen atoms in total. The molecule has 1 atom stereocenters. The maximum atomic E-state index is 12.8. The summed E-state index contributed by atoms with van der Waals surface area (Å²) in [7, 11) is 0. The predicted octanol–water partition coefficient (Wildman–Crippen LogP) is 5.14. The van der Waals surface area contributed by atoms with Crippen molar-refractivity contribution in [2.75, 3.05) is 5.32 Å². The first-order valence-corrected chi connectivity index (χ1v) is 10.4. The molecule has 0 saturated heterocycles. The van der Waals surface area contributed by atoms with Crippen molar-refractivity contribution in [2.24, 2.45) is 5.92 Å². The predicted molar refractivity (Wildman–Crippen MR) is 115 cm³/mol. The molecule has 8 heteroatoms. The van der Waals surface area contributed by atoms with Crippen LogP contribution in [0.3, 0.4) is 0 Å². The Balaban J connectivity index is 1.54. The Morgan fingerprint density at radius 1 is 1.28 bits per heavy atom. The Morgan fingerprint density at radius 2 is 2.03 bits per heavy atom. The highest BCUT2D eigenvalue weighted by Gasteiger charge is 2.31. The number of carbonyl (C=O) groups excluding carboxylic acids is 1. The van der Waals surface area contributed by atoms with Crippen molar-refractivity contribution in [3.8, 4) is 5.69 Å². The van der Waals surface area contributed by atoms with E-state index in [-0.39, 0.29) is 12.3 Å². The fourth-order valence-electron chi connectivity index (χ4n) is 3.68. The number of hydrogen-bond acceptors (Lipinski definition) is 3. The molecule has 1 unspecified atom stereocenters. The summed E-state index contributed by atoms with van der Waals surface area (Å²) in [6.45, 7) is 5.98. The summed E-state index contributed by atoms with van der Waals surface area (Å²) >= 11 is 12.3. The molecule has 1 N–H and O–H groups in total. The van der Waals surface area contributed by atoms with Crippen LogP contribution in [0.25, 0.3) is 5.69 Å². The Bertz CT molecular complexity index is 1070. The van der Waals surface area contributed by atoms with Gasteiger partial charge in [0.05, 0.1) is 35.1 Å². The maximum Gasteiger partial charge on any atom is 0.230 e. The molecule has 1 aliphatic rings. The van der Waals surface area contributed by atoms with Crippen molar-refractivity contribution in [1.29, 1.82) is 0 Å². The minimum Gasteiger partial charge on any atom is -0.311 e. The topological polar surface area (TPSA) is 64.7 Å². The van der Waals surface area contributed by atoms with Crippen molar-refractivity contribution in [1.82, 2.24) is 19.6 Å². The number of nitrogens with zero attached hydrogens (tertiary/aromatic N) is 4. The number of amides is 1. The van der Waals surface area contributed by atoms with E-state index < -0.39 is 0 Å². The van der Waals surface area contributed by atoms with Gasteiger partial charge in [-0.2, -0.15) is 10.2 Å². The van der Waals surface area contributed by atoms with Gasteiger partial charge < -0.3 is 5.32 Å². The highest BCUT2D eigenvalue weighted by molar-refractivity contribution is 6.35. The lowest BCUT2D eigenvalue weighted by Gasteiger charge is -2.15. The third-order valence-electron chi connectivity index (χ3n) is 5.54. The molecule has 29 heavy (non-hydrogen) atoms.